The first-order chi connectivity index (χ1) is 9.33. The van der Waals surface area contributed by atoms with Crippen molar-refractivity contribution in [2.24, 2.45) is 0 Å². The summed E-state index contributed by atoms with van der Waals surface area (Å²) < 4.78 is 6.83. The smallest absolute Gasteiger partial charge is 0.0466 e. The molecule has 0 N–H and O–H groups in total. The van der Waals surface area contributed by atoms with Crippen molar-refractivity contribution in [2.75, 3.05) is 18.5 Å². The lowest BCUT2D eigenvalue weighted by atomic mass is 10.1. The van der Waals surface area contributed by atoms with Crippen LogP contribution >= 0.6 is 31.9 Å². The molecular formula is C16H24Br2O. The number of halogens is 2. The predicted octanol–water partition coefficient (Wildman–Crippen LogP) is 5.74. The van der Waals surface area contributed by atoms with Crippen molar-refractivity contribution in [1.82, 2.24) is 0 Å². The van der Waals surface area contributed by atoms with Gasteiger partial charge in [-0.2, -0.15) is 0 Å². The van der Waals surface area contributed by atoms with E-state index in [4.69, 9.17) is 4.74 Å². The number of hydrogen-bond acceptors (Lipinski definition) is 1. The summed E-state index contributed by atoms with van der Waals surface area (Å²) in [6.07, 6.45) is 8.62. The average molecular weight is 392 g/mol. The molecule has 19 heavy (non-hydrogen) atoms. The van der Waals surface area contributed by atoms with Crippen LogP contribution in [0, 0.1) is 0 Å². The third-order valence-corrected chi connectivity index (χ3v) is 4.12. The van der Waals surface area contributed by atoms with Gasteiger partial charge in [0, 0.05) is 23.0 Å². The zero-order chi connectivity index (χ0) is 13.8. The van der Waals surface area contributed by atoms with E-state index >= 15 is 0 Å². The first-order valence-electron chi connectivity index (χ1n) is 7.21. The van der Waals surface area contributed by atoms with Crippen molar-refractivity contribution < 1.29 is 4.74 Å². The molecule has 0 aliphatic heterocycles. The van der Waals surface area contributed by atoms with Gasteiger partial charge in [-0.15, -0.1) is 0 Å². The molecule has 0 aromatic heterocycles. The molecule has 0 saturated heterocycles. The second-order valence-electron chi connectivity index (χ2n) is 4.80. The number of unbranched alkanes of at least 4 members (excludes halogenated alkanes) is 4. The maximum atomic E-state index is 5.65. The molecule has 3 heteroatoms. The van der Waals surface area contributed by atoms with Gasteiger partial charge < -0.3 is 4.74 Å². The van der Waals surface area contributed by atoms with Crippen molar-refractivity contribution in [3.05, 3.63) is 34.3 Å². The third-order valence-electron chi connectivity index (χ3n) is 3.07. The van der Waals surface area contributed by atoms with Crippen molar-refractivity contribution in [3.8, 4) is 0 Å². The number of benzene rings is 1. The van der Waals surface area contributed by atoms with Crippen LogP contribution in [-0.4, -0.2) is 18.5 Å². The fourth-order valence-electron chi connectivity index (χ4n) is 1.98. The summed E-state index contributed by atoms with van der Waals surface area (Å²) in [5.74, 6) is 0. The SMILES string of the molecule is BrCCCCCCOCCCCc1cccc(Br)c1. The summed E-state index contributed by atoms with van der Waals surface area (Å²) in [6, 6.07) is 8.56. The molecule has 0 spiro atoms. The standard InChI is InChI=1S/C16H24Br2O/c17-11-4-1-2-5-12-19-13-6-3-8-15-9-7-10-16(18)14-15/h7,9-10,14H,1-6,8,11-13H2. The van der Waals surface area contributed by atoms with Gasteiger partial charge in [0.05, 0.1) is 0 Å². The van der Waals surface area contributed by atoms with Gasteiger partial charge in [-0.1, -0.05) is 56.8 Å². The monoisotopic (exact) mass is 390 g/mol. The van der Waals surface area contributed by atoms with Gasteiger partial charge in [-0.25, -0.2) is 0 Å². The van der Waals surface area contributed by atoms with Crippen LogP contribution in [0.4, 0.5) is 0 Å². The molecule has 0 amide bonds. The maximum Gasteiger partial charge on any atom is 0.0466 e. The number of hydrogen-bond donors (Lipinski definition) is 0. The summed E-state index contributed by atoms with van der Waals surface area (Å²) in [6.45, 7) is 1.84. The normalized spacial score (nSPS) is 10.8. The Morgan fingerprint density at radius 3 is 2.37 bits per heavy atom. The lowest BCUT2D eigenvalue weighted by Gasteiger charge is -2.05. The minimum Gasteiger partial charge on any atom is -0.381 e. The number of ether oxygens (including phenoxy) is 1. The quantitative estimate of drug-likeness (QED) is 0.345. The molecular weight excluding hydrogens is 368 g/mol. The Morgan fingerprint density at radius 2 is 1.63 bits per heavy atom. The molecule has 0 heterocycles. The first-order valence-corrected chi connectivity index (χ1v) is 9.12. The highest BCUT2D eigenvalue weighted by Gasteiger charge is 1.95. The van der Waals surface area contributed by atoms with Crippen LogP contribution in [0.5, 0.6) is 0 Å². The lowest BCUT2D eigenvalue weighted by molar-refractivity contribution is 0.126. The van der Waals surface area contributed by atoms with Gasteiger partial charge in [0.2, 0.25) is 0 Å². The molecule has 0 saturated carbocycles. The number of rotatable bonds is 11. The highest BCUT2D eigenvalue weighted by Crippen LogP contribution is 2.13. The molecule has 0 aliphatic carbocycles. The summed E-state index contributed by atoms with van der Waals surface area (Å²) in [7, 11) is 0. The van der Waals surface area contributed by atoms with Crippen molar-refractivity contribution in [3.63, 3.8) is 0 Å². The maximum absolute atomic E-state index is 5.65. The highest BCUT2D eigenvalue weighted by molar-refractivity contribution is 9.10. The fourth-order valence-corrected chi connectivity index (χ4v) is 2.82. The zero-order valence-corrected chi connectivity index (χ0v) is 14.7. The lowest BCUT2D eigenvalue weighted by Crippen LogP contribution is -1.98. The van der Waals surface area contributed by atoms with E-state index in [1.807, 2.05) is 0 Å². The molecule has 0 atom stereocenters. The van der Waals surface area contributed by atoms with Gasteiger partial charge in [-0.05, 0) is 49.8 Å². The first kappa shape index (κ1) is 17.2. The van der Waals surface area contributed by atoms with Crippen LogP contribution in [0.3, 0.4) is 0 Å². The van der Waals surface area contributed by atoms with Crippen LogP contribution < -0.4 is 0 Å². The molecule has 1 aromatic carbocycles. The van der Waals surface area contributed by atoms with E-state index in [1.165, 1.54) is 42.1 Å². The molecule has 0 aliphatic rings. The summed E-state index contributed by atoms with van der Waals surface area (Å²) in [5, 5.41) is 1.13. The number of alkyl halides is 1. The second kappa shape index (κ2) is 11.9. The predicted molar refractivity (Wildman–Crippen MR) is 90.2 cm³/mol. The van der Waals surface area contributed by atoms with E-state index in [0.717, 1.165) is 31.4 Å². The Hall–Kier alpha value is 0.140. The summed E-state index contributed by atoms with van der Waals surface area (Å²) >= 11 is 6.95. The van der Waals surface area contributed by atoms with Gasteiger partial charge in [-0.3, -0.25) is 0 Å². The Kier molecular flexibility index (Phi) is 10.8. The van der Waals surface area contributed by atoms with E-state index in [9.17, 15) is 0 Å². The Morgan fingerprint density at radius 1 is 0.895 bits per heavy atom. The molecule has 1 aromatic rings. The van der Waals surface area contributed by atoms with Crippen LogP contribution in [0.2, 0.25) is 0 Å². The highest BCUT2D eigenvalue weighted by atomic mass is 79.9. The Labute approximate surface area is 134 Å². The molecule has 0 bridgehead atoms. The molecule has 0 fully saturated rings. The molecule has 0 radical (unpaired) electrons. The largest absolute Gasteiger partial charge is 0.381 e. The van der Waals surface area contributed by atoms with Crippen LogP contribution in [0.25, 0.3) is 0 Å². The van der Waals surface area contributed by atoms with E-state index in [2.05, 4.69) is 56.1 Å². The minimum atomic E-state index is 0.909. The summed E-state index contributed by atoms with van der Waals surface area (Å²) in [4.78, 5) is 0. The molecule has 1 nitrogen and oxygen atoms in total. The Balaban J connectivity index is 1.89. The van der Waals surface area contributed by atoms with Gasteiger partial charge >= 0.3 is 0 Å². The van der Waals surface area contributed by atoms with E-state index in [0.29, 0.717) is 0 Å². The Bertz CT molecular complexity index is 328. The topological polar surface area (TPSA) is 9.23 Å². The second-order valence-corrected chi connectivity index (χ2v) is 6.51. The fraction of sp³-hybridized carbons (Fsp3) is 0.625. The van der Waals surface area contributed by atoms with Crippen molar-refractivity contribution in [1.29, 1.82) is 0 Å². The van der Waals surface area contributed by atoms with Crippen LogP contribution in [0.15, 0.2) is 28.7 Å². The third kappa shape index (κ3) is 9.64. The van der Waals surface area contributed by atoms with Gasteiger partial charge in [0.25, 0.3) is 0 Å². The molecule has 108 valence electrons. The summed E-state index contributed by atoms with van der Waals surface area (Å²) in [5.41, 5.74) is 1.41. The number of aryl methyl sites for hydroxylation is 1. The van der Waals surface area contributed by atoms with E-state index in [-0.39, 0.29) is 0 Å². The van der Waals surface area contributed by atoms with E-state index < -0.39 is 0 Å². The van der Waals surface area contributed by atoms with Crippen LogP contribution in [-0.2, 0) is 11.2 Å². The molecule has 1 rings (SSSR count). The van der Waals surface area contributed by atoms with Gasteiger partial charge in [0.1, 0.15) is 0 Å². The van der Waals surface area contributed by atoms with Crippen molar-refractivity contribution in [2.45, 2.75) is 44.9 Å². The van der Waals surface area contributed by atoms with Crippen LogP contribution in [0.1, 0.15) is 44.1 Å². The van der Waals surface area contributed by atoms with Gasteiger partial charge in [0.15, 0.2) is 0 Å². The van der Waals surface area contributed by atoms with E-state index in [1.54, 1.807) is 0 Å². The molecule has 0 unspecified atom stereocenters. The average Bonchev–Trinajstić information content (AvgIpc) is 2.41. The van der Waals surface area contributed by atoms with Crippen molar-refractivity contribution >= 4 is 31.9 Å². The zero-order valence-electron chi connectivity index (χ0n) is 11.5. The minimum absolute atomic E-state index is 0.909.